The summed E-state index contributed by atoms with van der Waals surface area (Å²) in [6, 6.07) is 0. The zero-order valence-corrected chi connectivity index (χ0v) is 23.2. The van der Waals surface area contributed by atoms with Gasteiger partial charge in [-0.25, -0.2) is 0 Å². The molecule has 0 radical (unpaired) electrons. The Morgan fingerprint density at radius 2 is 1.06 bits per heavy atom. The molecule has 0 amide bonds. The van der Waals surface area contributed by atoms with Gasteiger partial charge in [0.05, 0.1) is 11.2 Å². The SMILES string of the molecule is C=CCCCCCCCCC[C@@]1(O)[C@@](O)(CCCCCCCCCC=C)[C@H]2CC[C@]1(C)C2(C)C. The summed E-state index contributed by atoms with van der Waals surface area (Å²) in [6.45, 7) is 14.5. The molecule has 0 heterocycles. The molecule has 0 saturated heterocycles. The molecule has 2 heteroatoms. The van der Waals surface area contributed by atoms with Crippen molar-refractivity contribution in [3.63, 3.8) is 0 Å². The van der Waals surface area contributed by atoms with Crippen LogP contribution in [0.5, 0.6) is 0 Å². The highest BCUT2D eigenvalue weighted by Gasteiger charge is 2.78. The van der Waals surface area contributed by atoms with Gasteiger partial charge in [-0.05, 0) is 62.7 Å². The molecule has 2 rings (SSSR count). The van der Waals surface area contributed by atoms with E-state index in [4.69, 9.17) is 0 Å². The summed E-state index contributed by atoms with van der Waals surface area (Å²) in [7, 11) is 0. The fourth-order valence-corrected chi connectivity index (χ4v) is 7.84. The Morgan fingerprint density at radius 1 is 0.647 bits per heavy atom. The molecule has 0 aromatic rings. The van der Waals surface area contributed by atoms with E-state index in [1.54, 1.807) is 0 Å². The minimum atomic E-state index is -0.943. The molecule has 34 heavy (non-hydrogen) atoms. The lowest BCUT2D eigenvalue weighted by Crippen LogP contribution is -2.61. The maximum Gasteiger partial charge on any atom is 0.0994 e. The van der Waals surface area contributed by atoms with Gasteiger partial charge in [0.1, 0.15) is 0 Å². The van der Waals surface area contributed by atoms with E-state index in [0.29, 0.717) is 0 Å². The van der Waals surface area contributed by atoms with Crippen LogP contribution in [0.25, 0.3) is 0 Å². The topological polar surface area (TPSA) is 40.5 Å². The summed E-state index contributed by atoms with van der Waals surface area (Å²) in [4.78, 5) is 0. The molecule has 0 spiro atoms. The second-order valence-electron chi connectivity index (χ2n) is 12.5. The zero-order valence-electron chi connectivity index (χ0n) is 23.2. The molecule has 0 aromatic heterocycles. The van der Waals surface area contributed by atoms with E-state index in [-0.39, 0.29) is 16.7 Å². The lowest BCUT2D eigenvalue weighted by atomic mass is 9.59. The van der Waals surface area contributed by atoms with E-state index in [0.717, 1.165) is 51.4 Å². The number of rotatable bonds is 20. The van der Waals surface area contributed by atoms with Crippen LogP contribution in [0.1, 0.15) is 149 Å². The molecule has 198 valence electrons. The van der Waals surface area contributed by atoms with Gasteiger partial charge in [0, 0.05) is 5.41 Å². The lowest BCUT2D eigenvalue weighted by Gasteiger charge is -2.52. The number of fused-ring (bicyclic) bond motifs is 2. The van der Waals surface area contributed by atoms with Gasteiger partial charge in [0.15, 0.2) is 0 Å². The molecule has 2 saturated carbocycles. The molecular weight excluding hydrogens is 416 g/mol. The van der Waals surface area contributed by atoms with Crippen molar-refractivity contribution in [1.29, 1.82) is 0 Å². The Bertz CT molecular complexity index is 610. The molecule has 2 bridgehead atoms. The maximum atomic E-state index is 12.3. The van der Waals surface area contributed by atoms with Gasteiger partial charge in [-0.3, -0.25) is 0 Å². The third-order valence-electron chi connectivity index (χ3n) is 10.3. The standard InChI is InChI=1S/C32H58O2/c1-6-8-10-12-14-16-18-20-22-25-31(33)28-24-27-30(5,29(28,3)4)32(31,34)26-23-21-19-17-15-13-11-9-7-2/h6-7,28,33-34H,1-2,8-27H2,3-5H3/t28-,30+,31+,32-/m0/s1. The summed E-state index contributed by atoms with van der Waals surface area (Å²) in [5, 5.41) is 24.4. The fraction of sp³-hybridized carbons (Fsp3) is 0.875. The normalized spacial score (nSPS) is 31.7. The van der Waals surface area contributed by atoms with Crippen molar-refractivity contribution >= 4 is 0 Å². The third kappa shape index (κ3) is 6.20. The Balaban J connectivity index is 1.84. The van der Waals surface area contributed by atoms with Crippen LogP contribution in [-0.4, -0.2) is 21.4 Å². The second kappa shape index (κ2) is 13.6. The molecule has 2 fully saturated rings. The van der Waals surface area contributed by atoms with Gasteiger partial charge < -0.3 is 10.2 Å². The smallest absolute Gasteiger partial charge is 0.0994 e. The van der Waals surface area contributed by atoms with Gasteiger partial charge in [-0.1, -0.05) is 110 Å². The summed E-state index contributed by atoms with van der Waals surface area (Å²) >= 11 is 0. The fourth-order valence-electron chi connectivity index (χ4n) is 7.84. The first-order chi connectivity index (χ1) is 16.2. The van der Waals surface area contributed by atoms with Crippen molar-refractivity contribution in [3.05, 3.63) is 25.3 Å². The largest absolute Gasteiger partial charge is 0.387 e. The second-order valence-corrected chi connectivity index (χ2v) is 12.5. The van der Waals surface area contributed by atoms with E-state index in [2.05, 4.69) is 33.9 Å². The van der Waals surface area contributed by atoms with Crippen LogP contribution in [0.2, 0.25) is 0 Å². The van der Waals surface area contributed by atoms with E-state index >= 15 is 0 Å². The van der Waals surface area contributed by atoms with E-state index in [1.807, 2.05) is 12.2 Å². The van der Waals surface area contributed by atoms with Crippen LogP contribution >= 0.6 is 0 Å². The Kier molecular flexibility index (Phi) is 11.9. The lowest BCUT2D eigenvalue weighted by molar-refractivity contribution is -0.214. The van der Waals surface area contributed by atoms with Gasteiger partial charge in [-0.2, -0.15) is 0 Å². The highest BCUT2D eigenvalue weighted by atomic mass is 16.4. The molecule has 2 N–H and O–H groups in total. The molecule has 2 aliphatic carbocycles. The average Bonchev–Trinajstić information content (AvgIpc) is 3.10. The van der Waals surface area contributed by atoms with E-state index in [1.165, 1.54) is 77.0 Å². The molecule has 2 nitrogen and oxygen atoms in total. The third-order valence-corrected chi connectivity index (χ3v) is 10.3. The maximum absolute atomic E-state index is 12.3. The average molecular weight is 475 g/mol. The number of hydrogen-bond acceptors (Lipinski definition) is 2. The van der Waals surface area contributed by atoms with Crippen molar-refractivity contribution in [3.8, 4) is 0 Å². The van der Waals surface area contributed by atoms with Gasteiger partial charge in [-0.15, -0.1) is 13.2 Å². The molecule has 0 aromatic carbocycles. The zero-order chi connectivity index (χ0) is 25.1. The molecule has 4 atom stereocenters. The Hall–Kier alpha value is -0.600. The quantitative estimate of drug-likeness (QED) is 0.136. The van der Waals surface area contributed by atoms with Crippen LogP contribution in [0.4, 0.5) is 0 Å². The van der Waals surface area contributed by atoms with Crippen LogP contribution in [0.3, 0.4) is 0 Å². The Labute approximate surface area is 212 Å². The van der Waals surface area contributed by atoms with Crippen LogP contribution in [0, 0.1) is 16.7 Å². The van der Waals surface area contributed by atoms with E-state index < -0.39 is 11.2 Å². The molecule has 2 aliphatic rings. The molecule has 0 aliphatic heterocycles. The van der Waals surface area contributed by atoms with Crippen LogP contribution < -0.4 is 0 Å². The summed E-state index contributed by atoms with van der Waals surface area (Å²) in [5.41, 5.74) is -2.05. The minimum Gasteiger partial charge on any atom is -0.387 e. The highest BCUT2D eigenvalue weighted by Crippen LogP contribution is 2.75. The van der Waals surface area contributed by atoms with Gasteiger partial charge in [0.2, 0.25) is 0 Å². The van der Waals surface area contributed by atoms with Gasteiger partial charge in [0.25, 0.3) is 0 Å². The number of allylic oxidation sites excluding steroid dienone is 2. The summed E-state index contributed by atoms with van der Waals surface area (Å²) in [5.74, 6) is 0.221. The first-order valence-electron chi connectivity index (χ1n) is 14.9. The Morgan fingerprint density at radius 3 is 1.53 bits per heavy atom. The molecule has 0 unspecified atom stereocenters. The van der Waals surface area contributed by atoms with Crippen molar-refractivity contribution < 1.29 is 10.2 Å². The summed E-state index contributed by atoms with van der Waals surface area (Å²) in [6.07, 6.45) is 27.2. The monoisotopic (exact) mass is 474 g/mol. The summed E-state index contributed by atoms with van der Waals surface area (Å²) < 4.78 is 0. The minimum absolute atomic E-state index is 0.00714. The highest BCUT2D eigenvalue weighted by molar-refractivity contribution is 5.28. The van der Waals surface area contributed by atoms with Crippen molar-refractivity contribution in [1.82, 2.24) is 0 Å². The predicted octanol–water partition coefficient (Wildman–Crippen LogP) is 9.30. The molecular formula is C32H58O2. The number of unbranched alkanes of at least 4 members (excludes halogenated alkanes) is 14. The van der Waals surface area contributed by atoms with Crippen LogP contribution in [-0.2, 0) is 0 Å². The van der Waals surface area contributed by atoms with E-state index in [9.17, 15) is 10.2 Å². The number of aliphatic hydroxyl groups is 2. The van der Waals surface area contributed by atoms with Crippen molar-refractivity contribution in [2.24, 2.45) is 16.7 Å². The van der Waals surface area contributed by atoms with Crippen molar-refractivity contribution in [2.45, 2.75) is 160 Å². The van der Waals surface area contributed by atoms with Crippen LogP contribution in [0.15, 0.2) is 25.3 Å². The first kappa shape index (κ1) is 29.6. The van der Waals surface area contributed by atoms with Gasteiger partial charge >= 0.3 is 0 Å². The number of hydrogen-bond donors (Lipinski definition) is 2. The predicted molar refractivity (Wildman–Crippen MR) is 148 cm³/mol. The first-order valence-corrected chi connectivity index (χ1v) is 14.9. The van der Waals surface area contributed by atoms with Crippen molar-refractivity contribution in [2.75, 3.05) is 0 Å².